The van der Waals surface area contributed by atoms with Gasteiger partial charge in [-0.1, -0.05) is 24.3 Å². The third-order valence-electron chi connectivity index (χ3n) is 0.892. The van der Waals surface area contributed by atoms with Crippen LogP contribution in [0.3, 0.4) is 0 Å². The summed E-state index contributed by atoms with van der Waals surface area (Å²) >= 11 is 5.62. The summed E-state index contributed by atoms with van der Waals surface area (Å²) in [6.45, 7) is 5.32. The van der Waals surface area contributed by atoms with Gasteiger partial charge in [0.2, 0.25) is 0 Å². The molecule has 0 amide bonds. The first kappa shape index (κ1) is 9.24. The molecule has 0 unspecified atom stereocenters. The Morgan fingerprint density at radius 1 is 1.70 bits per heavy atom. The molecule has 0 heterocycles. The Bertz CT molecular complexity index is 170. The minimum atomic E-state index is 0.432. The van der Waals surface area contributed by atoms with E-state index in [9.17, 15) is 0 Å². The van der Waals surface area contributed by atoms with Crippen molar-refractivity contribution >= 4 is 17.4 Å². The number of allylic oxidation sites excluding steroid dienone is 2. The van der Waals surface area contributed by atoms with E-state index in [1.807, 2.05) is 6.92 Å². The molecule has 0 aromatic rings. The van der Waals surface area contributed by atoms with Crippen LogP contribution < -0.4 is 5.32 Å². The largest absolute Gasteiger partial charge is 0.377 e. The average molecular weight is 159 g/mol. The maximum absolute atomic E-state index is 5.62. The van der Waals surface area contributed by atoms with Crippen molar-refractivity contribution in [2.45, 2.75) is 6.92 Å². The summed E-state index contributed by atoms with van der Waals surface area (Å²) in [7, 11) is 1.79. The molecular weight excluding hydrogens is 148 g/mol. The molecule has 0 fully saturated rings. The summed E-state index contributed by atoms with van der Waals surface area (Å²) in [6.07, 6.45) is 3.22. The number of aliphatic imine (C=N–C) groups is 1. The molecule has 0 aromatic heterocycles. The zero-order valence-electron chi connectivity index (χ0n) is 6.19. The van der Waals surface area contributed by atoms with E-state index in [0.717, 1.165) is 5.84 Å². The fourth-order valence-electron chi connectivity index (χ4n) is 0.351. The van der Waals surface area contributed by atoms with Crippen molar-refractivity contribution in [3.8, 4) is 0 Å². The number of nitrogens with one attached hydrogen (secondary N) is 1. The molecule has 0 rings (SSSR count). The van der Waals surface area contributed by atoms with Crippen molar-refractivity contribution in [2.24, 2.45) is 4.99 Å². The molecular formula is C7H11ClN2. The fourth-order valence-corrected chi connectivity index (χ4v) is 0.566. The number of halogens is 1. The lowest BCUT2D eigenvalue weighted by Crippen LogP contribution is -2.13. The molecule has 0 atom stereocenters. The molecule has 1 N–H and O–H groups in total. The first-order valence-electron chi connectivity index (χ1n) is 2.92. The van der Waals surface area contributed by atoms with E-state index < -0.39 is 0 Å². The maximum atomic E-state index is 5.62. The van der Waals surface area contributed by atoms with Gasteiger partial charge in [-0.25, -0.2) is 4.99 Å². The van der Waals surface area contributed by atoms with Crippen molar-refractivity contribution in [3.63, 3.8) is 0 Å². The Labute approximate surface area is 66.3 Å². The minimum Gasteiger partial charge on any atom is -0.377 e. The molecule has 0 radical (unpaired) electrons. The quantitative estimate of drug-likeness (QED) is 0.282. The van der Waals surface area contributed by atoms with Gasteiger partial charge in [0.15, 0.2) is 0 Å². The Morgan fingerprint density at radius 2 is 2.30 bits per heavy atom. The van der Waals surface area contributed by atoms with E-state index in [4.69, 9.17) is 11.6 Å². The van der Waals surface area contributed by atoms with E-state index in [2.05, 4.69) is 16.9 Å². The SMILES string of the molecule is C=C/C=C(Cl)\N=C(/C)NC. The monoisotopic (exact) mass is 158 g/mol. The number of hydrogen-bond donors (Lipinski definition) is 1. The third kappa shape index (κ3) is 4.15. The van der Waals surface area contributed by atoms with Crippen molar-refractivity contribution in [1.82, 2.24) is 5.32 Å². The van der Waals surface area contributed by atoms with Crippen LogP contribution in [-0.4, -0.2) is 12.9 Å². The van der Waals surface area contributed by atoms with Gasteiger partial charge in [0.05, 0.1) is 5.84 Å². The Balaban J connectivity index is 4.11. The zero-order valence-corrected chi connectivity index (χ0v) is 6.94. The van der Waals surface area contributed by atoms with Crippen LogP contribution in [0.2, 0.25) is 0 Å². The van der Waals surface area contributed by atoms with Gasteiger partial charge in [-0.2, -0.15) is 0 Å². The van der Waals surface area contributed by atoms with Crippen molar-refractivity contribution in [1.29, 1.82) is 0 Å². The number of amidine groups is 1. The smallest absolute Gasteiger partial charge is 0.131 e. The topological polar surface area (TPSA) is 24.4 Å². The lowest BCUT2D eigenvalue weighted by molar-refractivity contribution is 1.15. The molecule has 2 nitrogen and oxygen atoms in total. The van der Waals surface area contributed by atoms with Gasteiger partial charge in [0, 0.05) is 7.05 Å². The number of rotatable bonds is 2. The third-order valence-corrected chi connectivity index (χ3v) is 1.10. The second-order valence-corrected chi connectivity index (χ2v) is 2.06. The molecule has 3 heteroatoms. The van der Waals surface area contributed by atoms with Gasteiger partial charge in [-0.15, -0.1) is 0 Å². The normalized spacial score (nSPS) is 13.1. The minimum absolute atomic E-state index is 0.432. The van der Waals surface area contributed by atoms with E-state index in [0.29, 0.717) is 5.16 Å². The van der Waals surface area contributed by atoms with Crippen LogP contribution in [0.4, 0.5) is 0 Å². The highest BCUT2D eigenvalue weighted by atomic mass is 35.5. The van der Waals surface area contributed by atoms with Crippen LogP contribution in [0.1, 0.15) is 6.92 Å². The van der Waals surface area contributed by atoms with Gasteiger partial charge in [0.1, 0.15) is 5.16 Å². The van der Waals surface area contributed by atoms with Crippen molar-refractivity contribution in [2.75, 3.05) is 7.05 Å². The molecule has 0 aliphatic carbocycles. The molecule has 0 aliphatic heterocycles. The number of nitrogens with zero attached hydrogens (tertiary/aromatic N) is 1. The van der Waals surface area contributed by atoms with Crippen molar-refractivity contribution < 1.29 is 0 Å². The molecule has 0 saturated carbocycles. The Morgan fingerprint density at radius 3 is 2.70 bits per heavy atom. The van der Waals surface area contributed by atoms with Gasteiger partial charge in [0.25, 0.3) is 0 Å². The van der Waals surface area contributed by atoms with Gasteiger partial charge < -0.3 is 5.32 Å². The highest BCUT2D eigenvalue weighted by Crippen LogP contribution is 2.01. The van der Waals surface area contributed by atoms with Crippen LogP contribution in [0.25, 0.3) is 0 Å². The second kappa shape index (κ2) is 5.06. The predicted molar refractivity (Wildman–Crippen MR) is 46.3 cm³/mol. The molecule has 56 valence electrons. The van der Waals surface area contributed by atoms with Crippen LogP contribution in [0.15, 0.2) is 28.9 Å². The molecule has 0 aliphatic rings. The summed E-state index contributed by atoms with van der Waals surface area (Å²) in [4.78, 5) is 3.95. The van der Waals surface area contributed by atoms with E-state index in [1.165, 1.54) is 0 Å². The van der Waals surface area contributed by atoms with E-state index >= 15 is 0 Å². The van der Waals surface area contributed by atoms with Gasteiger partial charge >= 0.3 is 0 Å². The first-order chi connectivity index (χ1) is 4.70. The van der Waals surface area contributed by atoms with Gasteiger partial charge in [-0.3, -0.25) is 0 Å². The number of hydrogen-bond acceptors (Lipinski definition) is 1. The van der Waals surface area contributed by atoms with Gasteiger partial charge in [-0.05, 0) is 13.0 Å². The Kier molecular flexibility index (Phi) is 4.67. The summed E-state index contributed by atoms with van der Waals surface area (Å²) in [6, 6.07) is 0. The summed E-state index contributed by atoms with van der Waals surface area (Å²) in [5.74, 6) is 0.781. The second-order valence-electron chi connectivity index (χ2n) is 1.67. The van der Waals surface area contributed by atoms with Crippen LogP contribution in [0.5, 0.6) is 0 Å². The predicted octanol–water partition coefficient (Wildman–Crippen LogP) is 1.89. The molecule has 0 bridgehead atoms. The summed E-state index contributed by atoms with van der Waals surface area (Å²) < 4.78 is 0. The zero-order chi connectivity index (χ0) is 7.98. The van der Waals surface area contributed by atoms with Crippen LogP contribution in [0, 0.1) is 0 Å². The standard InChI is InChI=1S/C7H11ClN2/c1-4-5-7(8)10-6(2)9-3/h4-5H,1H2,2-3H3,(H,9,10)/b7-5-. The van der Waals surface area contributed by atoms with Crippen LogP contribution in [-0.2, 0) is 0 Å². The fraction of sp³-hybridized carbons (Fsp3) is 0.286. The Hall–Kier alpha value is -0.760. The van der Waals surface area contributed by atoms with Crippen molar-refractivity contribution in [3.05, 3.63) is 23.9 Å². The summed E-state index contributed by atoms with van der Waals surface area (Å²) in [5.41, 5.74) is 0. The molecule has 10 heavy (non-hydrogen) atoms. The molecule has 0 spiro atoms. The van der Waals surface area contributed by atoms with Crippen LogP contribution >= 0.6 is 11.6 Å². The summed E-state index contributed by atoms with van der Waals surface area (Å²) in [5, 5.41) is 3.28. The maximum Gasteiger partial charge on any atom is 0.131 e. The highest BCUT2D eigenvalue weighted by Gasteiger charge is 1.85. The molecule has 0 saturated heterocycles. The lowest BCUT2D eigenvalue weighted by atomic mass is 10.6. The average Bonchev–Trinajstić information content (AvgIpc) is 1.88. The van der Waals surface area contributed by atoms with E-state index in [1.54, 1.807) is 19.2 Å². The lowest BCUT2D eigenvalue weighted by Gasteiger charge is -1.94. The first-order valence-corrected chi connectivity index (χ1v) is 3.29. The molecule has 0 aromatic carbocycles. The van der Waals surface area contributed by atoms with E-state index in [-0.39, 0.29) is 0 Å². The highest BCUT2D eigenvalue weighted by molar-refractivity contribution is 6.30.